The summed E-state index contributed by atoms with van der Waals surface area (Å²) in [5.41, 5.74) is 0. The fraction of sp³-hybridized carbons (Fsp3) is 0.571. The summed E-state index contributed by atoms with van der Waals surface area (Å²) in [5.74, 6) is 2.56. The minimum atomic E-state index is -0.293. The van der Waals surface area contributed by atoms with Crippen molar-refractivity contribution in [2.75, 3.05) is 5.32 Å². The second-order valence-corrected chi connectivity index (χ2v) is 6.74. The van der Waals surface area contributed by atoms with Gasteiger partial charge in [-0.2, -0.15) is 0 Å². The van der Waals surface area contributed by atoms with E-state index < -0.39 is 0 Å². The molecule has 0 spiro atoms. The summed E-state index contributed by atoms with van der Waals surface area (Å²) < 4.78 is 7.04. The molecule has 2 aromatic rings. The zero-order chi connectivity index (χ0) is 15.7. The van der Waals surface area contributed by atoms with Crippen LogP contribution in [0.3, 0.4) is 0 Å². The van der Waals surface area contributed by atoms with Crippen molar-refractivity contribution >= 4 is 23.5 Å². The van der Waals surface area contributed by atoms with E-state index in [2.05, 4.69) is 32.2 Å². The van der Waals surface area contributed by atoms with Crippen LogP contribution in [0.15, 0.2) is 15.7 Å². The van der Waals surface area contributed by atoms with E-state index in [-0.39, 0.29) is 11.2 Å². The molecule has 1 fully saturated rings. The number of thioether (sulfide) groups is 1. The third-order valence-electron chi connectivity index (χ3n) is 3.53. The SMILES string of the molecule is CCn1c(SC(C)C(=O)Nc2cc(C)on2)nnc1C1CC1. The maximum Gasteiger partial charge on any atom is 0.238 e. The van der Waals surface area contributed by atoms with Crippen LogP contribution in [-0.4, -0.2) is 31.1 Å². The smallest absolute Gasteiger partial charge is 0.238 e. The molecule has 1 amide bonds. The predicted molar refractivity (Wildman–Crippen MR) is 82.9 cm³/mol. The van der Waals surface area contributed by atoms with Crippen LogP contribution in [0.2, 0.25) is 0 Å². The van der Waals surface area contributed by atoms with Crippen molar-refractivity contribution in [2.45, 2.75) is 56.5 Å². The topological polar surface area (TPSA) is 85.8 Å². The normalized spacial score (nSPS) is 15.8. The van der Waals surface area contributed by atoms with Gasteiger partial charge in [-0.15, -0.1) is 10.2 Å². The number of hydrogen-bond donors (Lipinski definition) is 1. The lowest BCUT2D eigenvalue weighted by Gasteiger charge is -2.11. The second kappa shape index (κ2) is 6.12. The number of nitrogens with one attached hydrogen (secondary N) is 1. The van der Waals surface area contributed by atoms with Gasteiger partial charge >= 0.3 is 0 Å². The fourth-order valence-corrected chi connectivity index (χ4v) is 3.11. The van der Waals surface area contributed by atoms with Gasteiger partial charge in [0.05, 0.1) is 5.25 Å². The largest absolute Gasteiger partial charge is 0.360 e. The number of aromatic nitrogens is 4. The van der Waals surface area contributed by atoms with Crippen molar-refractivity contribution in [2.24, 2.45) is 0 Å². The fourth-order valence-electron chi connectivity index (χ4n) is 2.19. The molecule has 1 aliphatic rings. The van der Waals surface area contributed by atoms with Crippen LogP contribution in [0.4, 0.5) is 5.82 Å². The van der Waals surface area contributed by atoms with Gasteiger partial charge in [0.1, 0.15) is 11.6 Å². The van der Waals surface area contributed by atoms with E-state index in [1.54, 1.807) is 13.0 Å². The van der Waals surface area contributed by atoms with Crippen molar-refractivity contribution in [1.29, 1.82) is 0 Å². The van der Waals surface area contributed by atoms with Gasteiger partial charge in [-0.3, -0.25) is 4.79 Å². The van der Waals surface area contributed by atoms with E-state index in [4.69, 9.17) is 4.52 Å². The van der Waals surface area contributed by atoms with Crippen LogP contribution in [0.25, 0.3) is 0 Å². The maximum atomic E-state index is 12.2. The number of carbonyl (C=O) groups is 1. The summed E-state index contributed by atoms with van der Waals surface area (Å²) in [5, 5.41) is 15.5. The van der Waals surface area contributed by atoms with Crippen LogP contribution < -0.4 is 5.32 Å². The third-order valence-corrected chi connectivity index (χ3v) is 4.62. The molecule has 0 bridgehead atoms. The molecule has 1 atom stereocenters. The first-order valence-electron chi connectivity index (χ1n) is 7.42. The number of amides is 1. The van der Waals surface area contributed by atoms with Crippen LogP contribution in [0, 0.1) is 6.92 Å². The van der Waals surface area contributed by atoms with E-state index in [0.29, 0.717) is 17.5 Å². The Morgan fingerprint density at radius 1 is 1.55 bits per heavy atom. The van der Waals surface area contributed by atoms with Gasteiger partial charge < -0.3 is 14.4 Å². The standard InChI is InChI=1S/C14H19N5O2S/c1-4-19-12(10-5-6-10)16-17-14(19)22-9(3)13(20)15-11-7-8(2)21-18-11/h7,9-10H,4-6H2,1-3H3,(H,15,18,20). The van der Waals surface area contributed by atoms with Crippen molar-refractivity contribution in [3.8, 4) is 0 Å². The molecular weight excluding hydrogens is 302 g/mol. The highest BCUT2D eigenvalue weighted by Gasteiger charge is 2.30. The van der Waals surface area contributed by atoms with Gasteiger partial charge in [0.15, 0.2) is 11.0 Å². The average Bonchev–Trinajstić information content (AvgIpc) is 3.14. The number of hydrogen-bond acceptors (Lipinski definition) is 6. The first kappa shape index (κ1) is 15.1. The Kier molecular flexibility index (Phi) is 4.19. The molecule has 7 nitrogen and oxygen atoms in total. The molecule has 118 valence electrons. The lowest BCUT2D eigenvalue weighted by atomic mass is 10.4. The average molecular weight is 321 g/mol. The molecule has 3 rings (SSSR count). The van der Waals surface area contributed by atoms with Crippen molar-refractivity contribution < 1.29 is 9.32 Å². The molecule has 2 heterocycles. The lowest BCUT2D eigenvalue weighted by molar-refractivity contribution is -0.115. The summed E-state index contributed by atoms with van der Waals surface area (Å²) in [6, 6.07) is 1.69. The Labute approximate surface area is 132 Å². The highest BCUT2D eigenvalue weighted by Crippen LogP contribution is 2.40. The van der Waals surface area contributed by atoms with Gasteiger partial charge in [0.25, 0.3) is 0 Å². The summed E-state index contributed by atoms with van der Waals surface area (Å²) in [6.45, 7) is 6.52. The van der Waals surface area contributed by atoms with Gasteiger partial charge in [0, 0.05) is 18.5 Å². The molecule has 1 N–H and O–H groups in total. The van der Waals surface area contributed by atoms with Gasteiger partial charge in [-0.25, -0.2) is 0 Å². The molecule has 1 unspecified atom stereocenters. The molecule has 8 heteroatoms. The molecule has 2 aromatic heterocycles. The van der Waals surface area contributed by atoms with E-state index in [1.807, 2.05) is 6.92 Å². The van der Waals surface area contributed by atoms with Gasteiger partial charge in [-0.05, 0) is 33.6 Å². The summed E-state index contributed by atoms with van der Waals surface area (Å²) >= 11 is 1.41. The number of nitrogens with zero attached hydrogens (tertiary/aromatic N) is 4. The summed E-state index contributed by atoms with van der Waals surface area (Å²) in [4.78, 5) is 12.2. The molecule has 22 heavy (non-hydrogen) atoms. The number of aryl methyl sites for hydroxylation is 1. The Morgan fingerprint density at radius 3 is 2.91 bits per heavy atom. The van der Waals surface area contributed by atoms with E-state index in [1.165, 1.54) is 24.6 Å². The van der Waals surface area contributed by atoms with Crippen LogP contribution in [0.1, 0.15) is 44.2 Å². The molecule has 0 aromatic carbocycles. The van der Waals surface area contributed by atoms with Crippen molar-refractivity contribution in [1.82, 2.24) is 19.9 Å². The third kappa shape index (κ3) is 3.16. The predicted octanol–water partition coefficient (Wildman–Crippen LogP) is 2.59. The lowest BCUT2D eigenvalue weighted by Crippen LogP contribution is -2.23. The van der Waals surface area contributed by atoms with Gasteiger partial charge in [0.2, 0.25) is 5.91 Å². The van der Waals surface area contributed by atoms with Crippen LogP contribution >= 0.6 is 11.8 Å². The number of anilines is 1. The van der Waals surface area contributed by atoms with E-state index in [9.17, 15) is 4.79 Å². The molecular formula is C14H19N5O2S. The van der Waals surface area contributed by atoms with E-state index >= 15 is 0 Å². The Balaban J connectivity index is 1.65. The minimum absolute atomic E-state index is 0.128. The zero-order valence-corrected chi connectivity index (χ0v) is 13.7. The molecule has 0 aliphatic heterocycles. The Bertz CT molecular complexity index is 677. The molecule has 1 aliphatic carbocycles. The minimum Gasteiger partial charge on any atom is -0.360 e. The highest BCUT2D eigenvalue weighted by atomic mass is 32.2. The van der Waals surface area contributed by atoms with Crippen molar-refractivity contribution in [3.05, 3.63) is 17.7 Å². The molecule has 1 saturated carbocycles. The number of rotatable bonds is 6. The Morgan fingerprint density at radius 2 is 2.32 bits per heavy atom. The first-order chi connectivity index (χ1) is 10.6. The maximum absolute atomic E-state index is 12.2. The Hall–Kier alpha value is -1.83. The molecule has 0 saturated heterocycles. The zero-order valence-electron chi connectivity index (χ0n) is 12.9. The monoisotopic (exact) mass is 321 g/mol. The first-order valence-corrected chi connectivity index (χ1v) is 8.30. The van der Waals surface area contributed by atoms with Crippen molar-refractivity contribution in [3.63, 3.8) is 0 Å². The number of carbonyl (C=O) groups excluding carboxylic acids is 1. The highest BCUT2D eigenvalue weighted by molar-refractivity contribution is 8.00. The van der Waals surface area contributed by atoms with Crippen LogP contribution in [0.5, 0.6) is 0 Å². The van der Waals surface area contributed by atoms with Crippen LogP contribution in [-0.2, 0) is 11.3 Å². The summed E-state index contributed by atoms with van der Waals surface area (Å²) in [6.07, 6.45) is 2.37. The molecule has 0 radical (unpaired) electrons. The van der Waals surface area contributed by atoms with Gasteiger partial charge in [-0.1, -0.05) is 16.9 Å². The summed E-state index contributed by atoms with van der Waals surface area (Å²) in [7, 11) is 0. The second-order valence-electron chi connectivity index (χ2n) is 5.43. The quantitative estimate of drug-likeness (QED) is 0.823. The van der Waals surface area contributed by atoms with E-state index in [0.717, 1.165) is 17.5 Å².